The molecule has 4 heteroatoms. The van der Waals surface area contributed by atoms with Crippen LogP contribution in [-0.2, 0) is 29.0 Å². The van der Waals surface area contributed by atoms with Crippen molar-refractivity contribution in [3.63, 3.8) is 0 Å². The highest BCUT2D eigenvalue weighted by atomic mass is 16.5. The van der Waals surface area contributed by atoms with E-state index in [1.165, 1.54) is 16.8 Å². The second-order valence-electron chi connectivity index (χ2n) is 6.42. The van der Waals surface area contributed by atoms with Gasteiger partial charge in [-0.05, 0) is 37.5 Å². The molecule has 0 aliphatic carbocycles. The highest BCUT2D eigenvalue weighted by Gasteiger charge is 2.25. The number of rotatable bonds is 2. The van der Waals surface area contributed by atoms with E-state index < -0.39 is 0 Å². The Labute approximate surface area is 121 Å². The standard InChI is InChI=1S/C16H24N2O2/c1-16(2)12-18(5-3-6-20-16)10-13-8-14-11-19-7-4-15(14)17-9-13/h8-9H,3-7,10-12H2,1-2H3. The number of ether oxygens (including phenoxy) is 2. The summed E-state index contributed by atoms with van der Waals surface area (Å²) in [5.74, 6) is 0. The average Bonchev–Trinajstić information content (AvgIpc) is 2.59. The summed E-state index contributed by atoms with van der Waals surface area (Å²) in [7, 11) is 0. The Morgan fingerprint density at radius 3 is 3.15 bits per heavy atom. The lowest BCUT2D eigenvalue weighted by Crippen LogP contribution is -2.38. The van der Waals surface area contributed by atoms with Crippen molar-refractivity contribution in [2.75, 3.05) is 26.3 Å². The van der Waals surface area contributed by atoms with E-state index >= 15 is 0 Å². The molecule has 0 aromatic carbocycles. The SMILES string of the molecule is CC1(C)CN(Cc2cnc3c(c2)COCC3)CCCO1. The summed E-state index contributed by atoms with van der Waals surface area (Å²) in [6.07, 6.45) is 4.08. The first kappa shape index (κ1) is 14.0. The molecule has 3 heterocycles. The minimum atomic E-state index is -0.0543. The second-order valence-corrected chi connectivity index (χ2v) is 6.42. The van der Waals surface area contributed by atoms with Gasteiger partial charge in [0, 0.05) is 44.6 Å². The fourth-order valence-electron chi connectivity index (χ4n) is 3.07. The van der Waals surface area contributed by atoms with E-state index in [1.807, 2.05) is 6.20 Å². The first-order valence-corrected chi connectivity index (χ1v) is 7.53. The van der Waals surface area contributed by atoms with Crippen molar-refractivity contribution in [1.82, 2.24) is 9.88 Å². The van der Waals surface area contributed by atoms with Gasteiger partial charge in [0.05, 0.1) is 18.8 Å². The van der Waals surface area contributed by atoms with Crippen molar-refractivity contribution in [3.05, 3.63) is 29.1 Å². The summed E-state index contributed by atoms with van der Waals surface area (Å²) < 4.78 is 11.4. The van der Waals surface area contributed by atoms with Gasteiger partial charge in [-0.1, -0.05) is 0 Å². The zero-order chi connectivity index (χ0) is 14.0. The maximum atomic E-state index is 5.87. The summed E-state index contributed by atoms with van der Waals surface area (Å²) >= 11 is 0. The van der Waals surface area contributed by atoms with E-state index in [-0.39, 0.29) is 5.60 Å². The third-order valence-corrected chi connectivity index (χ3v) is 3.98. The summed E-state index contributed by atoms with van der Waals surface area (Å²) in [4.78, 5) is 7.08. The van der Waals surface area contributed by atoms with E-state index in [4.69, 9.17) is 9.47 Å². The van der Waals surface area contributed by atoms with Crippen molar-refractivity contribution in [3.8, 4) is 0 Å². The fourth-order valence-corrected chi connectivity index (χ4v) is 3.07. The maximum absolute atomic E-state index is 5.87. The molecule has 0 N–H and O–H groups in total. The number of pyridine rings is 1. The van der Waals surface area contributed by atoms with Gasteiger partial charge in [-0.15, -0.1) is 0 Å². The van der Waals surface area contributed by atoms with Gasteiger partial charge in [-0.25, -0.2) is 0 Å². The third-order valence-electron chi connectivity index (χ3n) is 3.98. The van der Waals surface area contributed by atoms with Crippen LogP contribution in [0.5, 0.6) is 0 Å². The van der Waals surface area contributed by atoms with Crippen LogP contribution in [0.3, 0.4) is 0 Å². The van der Waals surface area contributed by atoms with Gasteiger partial charge in [0.2, 0.25) is 0 Å². The summed E-state index contributed by atoms with van der Waals surface area (Å²) in [6, 6.07) is 2.26. The zero-order valence-electron chi connectivity index (χ0n) is 12.5. The lowest BCUT2D eigenvalue weighted by atomic mass is 10.1. The minimum absolute atomic E-state index is 0.0543. The van der Waals surface area contributed by atoms with Crippen molar-refractivity contribution >= 4 is 0 Å². The molecule has 1 aromatic heterocycles. The van der Waals surface area contributed by atoms with Gasteiger partial charge < -0.3 is 9.47 Å². The van der Waals surface area contributed by atoms with E-state index in [0.29, 0.717) is 6.61 Å². The Kier molecular flexibility index (Phi) is 4.06. The van der Waals surface area contributed by atoms with Gasteiger partial charge in [-0.3, -0.25) is 9.88 Å². The first-order chi connectivity index (χ1) is 9.62. The van der Waals surface area contributed by atoms with Crippen LogP contribution in [0, 0.1) is 0 Å². The van der Waals surface area contributed by atoms with Crippen LogP contribution >= 0.6 is 0 Å². The Morgan fingerprint density at radius 2 is 2.25 bits per heavy atom. The van der Waals surface area contributed by atoms with Crippen molar-refractivity contribution < 1.29 is 9.47 Å². The summed E-state index contributed by atoms with van der Waals surface area (Å²) in [5.41, 5.74) is 3.70. The first-order valence-electron chi connectivity index (χ1n) is 7.53. The molecule has 2 aliphatic heterocycles. The van der Waals surface area contributed by atoms with E-state index in [1.54, 1.807) is 0 Å². The van der Waals surface area contributed by atoms with Crippen LogP contribution in [0.25, 0.3) is 0 Å². The molecule has 0 radical (unpaired) electrons. The van der Waals surface area contributed by atoms with E-state index in [0.717, 1.165) is 45.7 Å². The molecule has 110 valence electrons. The number of nitrogens with zero attached hydrogens (tertiary/aromatic N) is 2. The van der Waals surface area contributed by atoms with Crippen LogP contribution in [0.1, 0.15) is 37.1 Å². The Bertz CT molecular complexity index is 474. The molecule has 0 amide bonds. The molecule has 1 fully saturated rings. The monoisotopic (exact) mass is 276 g/mol. The van der Waals surface area contributed by atoms with Gasteiger partial charge in [0.15, 0.2) is 0 Å². The van der Waals surface area contributed by atoms with Crippen LogP contribution < -0.4 is 0 Å². The van der Waals surface area contributed by atoms with Gasteiger partial charge in [-0.2, -0.15) is 0 Å². The van der Waals surface area contributed by atoms with Gasteiger partial charge in [0.25, 0.3) is 0 Å². The van der Waals surface area contributed by atoms with Crippen LogP contribution in [0.15, 0.2) is 12.3 Å². The molecule has 0 unspecified atom stereocenters. The van der Waals surface area contributed by atoms with Gasteiger partial charge >= 0.3 is 0 Å². The van der Waals surface area contributed by atoms with E-state index in [2.05, 4.69) is 29.8 Å². The quantitative estimate of drug-likeness (QED) is 0.829. The lowest BCUT2D eigenvalue weighted by molar-refractivity contribution is -0.0181. The minimum Gasteiger partial charge on any atom is -0.376 e. The molecule has 4 nitrogen and oxygen atoms in total. The van der Waals surface area contributed by atoms with Crippen molar-refractivity contribution in [2.45, 2.75) is 45.4 Å². The topological polar surface area (TPSA) is 34.6 Å². The highest BCUT2D eigenvalue weighted by molar-refractivity contribution is 5.26. The molecule has 0 spiro atoms. The number of hydrogen-bond acceptors (Lipinski definition) is 4. The molecule has 0 saturated carbocycles. The molecule has 1 saturated heterocycles. The smallest absolute Gasteiger partial charge is 0.0752 e. The third kappa shape index (κ3) is 3.37. The van der Waals surface area contributed by atoms with Crippen LogP contribution in [0.4, 0.5) is 0 Å². The van der Waals surface area contributed by atoms with E-state index in [9.17, 15) is 0 Å². The maximum Gasteiger partial charge on any atom is 0.0752 e. The van der Waals surface area contributed by atoms with Crippen LogP contribution in [0.2, 0.25) is 0 Å². The largest absolute Gasteiger partial charge is 0.376 e. The predicted molar refractivity (Wildman–Crippen MR) is 77.5 cm³/mol. The molecular formula is C16H24N2O2. The van der Waals surface area contributed by atoms with Crippen molar-refractivity contribution in [2.24, 2.45) is 0 Å². The Balaban J connectivity index is 1.70. The number of aromatic nitrogens is 1. The number of fused-ring (bicyclic) bond motifs is 1. The summed E-state index contributed by atoms with van der Waals surface area (Å²) in [6.45, 7) is 9.74. The molecular weight excluding hydrogens is 252 g/mol. The zero-order valence-corrected chi connectivity index (χ0v) is 12.5. The highest BCUT2D eigenvalue weighted by Crippen LogP contribution is 2.20. The molecule has 0 bridgehead atoms. The Hall–Kier alpha value is -0.970. The predicted octanol–water partition coefficient (Wildman–Crippen LogP) is 2.16. The molecule has 3 rings (SSSR count). The van der Waals surface area contributed by atoms with Crippen molar-refractivity contribution in [1.29, 1.82) is 0 Å². The Morgan fingerprint density at radius 1 is 1.35 bits per heavy atom. The lowest BCUT2D eigenvalue weighted by Gasteiger charge is -2.29. The van der Waals surface area contributed by atoms with Crippen LogP contribution in [-0.4, -0.2) is 41.8 Å². The fraction of sp³-hybridized carbons (Fsp3) is 0.688. The molecule has 0 atom stereocenters. The second kappa shape index (κ2) is 5.80. The van der Waals surface area contributed by atoms with Gasteiger partial charge in [0.1, 0.15) is 0 Å². The summed E-state index contributed by atoms with van der Waals surface area (Å²) in [5, 5.41) is 0. The molecule has 1 aromatic rings. The normalized spacial score (nSPS) is 23.1. The number of hydrogen-bond donors (Lipinski definition) is 0. The molecule has 20 heavy (non-hydrogen) atoms. The molecule has 2 aliphatic rings. The average molecular weight is 276 g/mol.